The van der Waals surface area contributed by atoms with Crippen LogP contribution < -0.4 is 20.4 Å². The largest absolute Gasteiger partial charge is 0.497 e. The van der Waals surface area contributed by atoms with Crippen LogP contribution in [0.3, 0.4) is 0 Å². The summed E-state index contributed by atoms with van der Waals surface area (Å²) < 4.78 is 18.8. The Kier molecular flexibility index (Phi) is 7.47. The maximum absolute atomic E-state index is 13.6. The number of nitrogens with one attached hydrogen (secondary N) is 2. The monoisotopic (exact) mass is 526 g/mol. The molecule has 0 radical (unpaired) electrons. The Morgan fingerprint density at radius 1 is 1.08 bits per heavy atom. The Balaban J connectivity index is 1.58. The molecule has 8 nitrogen and oxygen atoms in total. The van der Waals surface area contributed by atoms with Crippen molar-refractivity contribution < 1.29 is 23.5 Å². The van der Waals surface area contributed by atoms with Crippen molar-refractivity contribution in [2.24, 2.45) is 0 Å². The minimum Gasteiger partial charge on any atom is -0.497 e. The summed E-state index contributed by atoms with van der Waals surface area (Å²) in [5, 5.41) is 4.28. The number of hydrogen-bond acceptors (Lipinski definition) is 5. The number of benzene rings is 3. The molecule has 0 saturated carbocycles. The van der Waals surface area contributed by atoms with E-state index in [2.05, 4.69) is 10.7 Å². The second-order valence-corrected chi connectivity index (χ2v) is 8.55. The van der Waals surface area contributed by atoms with Crippen LogP contribution in [-0.2, 0) is 9.59 Å². The molecular weight excluding hydrogens is 507 g/mol. The zero-order chi connectivity index (χ0) is 25.8. The molecule has 2 N–H and O–H groups in total. The summed E-state index contributed by atoms with van der Waals surface area (Å²) >= 11 is 11.5. The first-order valence-electron chi connectivity index (χ1n) is 10.7. The van der Waals surface area contributed by atoms with Crippen LogP contribution in [0.5, 0.6) is 5.75 Å². The molecule has 0 unspecified atom stereocenters. The molecule has 0 aromatic heterocycles. The number of anilines is 2. The van der Waals surface area contributed by atoms with Crippen LogP contribution in [0, 0.1) is 5.82 Å². The summed E-state index contributed by atoms with van der Waals surface area (Å²) in [6.07, 6.45) is -0.321. The number of methoxy groups -OCH3 is 1. The van der Waals surface area contributed by atoms with Crippen LogP contribution in [0.2, 0.25) is 5.02 Å². The van der Waals surface area contributed by atoms with E-state index < -0.39 is 29.6 Å². The van der Waals surface area contributed by atoms with Gasteiger partial charge in [0, 0.05) is 16.3 Å². The van der Waals surface area contributed by atoms with E-state index in [0.717, 1.165) is 11.1 Å². The van der Waals surface area contributed by atoms with Gasteiger partial charge in [0.05, 0.1) is 19.2 Å². The topological polar surface area (TPSA) is 91.0 Å². The van der Waals surface area contributed by atoms with Gasteiger partial charge in [-0.15, -0.1) is 0 Å². The molecule has 1 atom stereocenters. The summed E-state index contributed by atoms with van der Waals surface area (Å²) in [5.41, 5.74) is 3.49. The number of halogens is 2. The summed E-state index contributed by atoms with van der Waals surface area (Å²) in [7, 11) is 1.53. The lowest BCUT2D eigenvalue weighted by Crippen LogP contribution is -2.49. The zero-order valence-electron chi connectivity index (χ0n) is 18.9. The molecule has 3 aromatic rings. The van der Waals surface area contributed by atoms with Crippen LogP contribution in [0.1, 0.15) is 16.8 Å². The van der Waals surface area contributed by atoms with E-state index in [9.17, 15) is 18.8 Å². The highest BCUT2D eigenvalue weighted by Crippen LogP contribution is 2.28. The Bertz CT molecular complexity index is 1320. The Morgan fingerprint density at radius 2 is 1.78 bits per heavy atom. The second kappa shape index (κ2) is 10.7. The smallest absolute Gasteiger partial charge is 0.269 e. The highest BCUT2D eigenvalue weighted by atomic mass is 35.5. The Morgan fingerprint density at radius 3 is 2.42 bits per heavy atom. The fraction of sp³-hybridized carbons (Fsp3) is 0.120. The second-order valence-electron chi connectivity index (χ2n) is 7.75. The molecular formula is C25H20ClFN4O4S. The van der Waals surface area contributed by atoms with Gasteiger partial charge in [-0.2, -0.15) is 0 Å². The van der Waals surface area contributed by atoms with Crippen molar-refractivity contribution in [3.8, 4) is 5.75 Å². The van der Waals surface area contributed by atoms with Crippen molar-refractivity contribution in [2.75, 3.05) is 17.3 Å². The van der Waals surface area contributed by atoms with Gasteiger partial charge in [-0.25, -0.2) is 9.40 Å². The predicted octanol–water partition coefficient (Wildman–Crippen LogP) is 4.16. The molecule has 1 aliphatic rings. The Labute approximate surface area is 216 Å². The minimum absolute atomic E-state index is 0.0247. The molecule has 36 heavy (non-hydrogen) atoms. The highest BCUT2D eigenvalue weighted by molar-refractivity contribution is 7.80. The standard InChI is InChI=1S/C25H20ClFN4O4S/c1-35-20-11-7-18(8-12-20)28-22(32)14-21-24(34)30(19-9-5-16(26)6-10-19)25(36)31(21)29-23(33)15-3-2-4-17(27)13-15/h2-13,21H,14H2,1H3,(H,28,32)(H,29,33)/t21-/m0/s1. The van der Waals surface area contributed by atoms with Crippen molar-refractivity contribution >= 4 is 58.0 Å². The van der Waals surface area contributed by atoms with E-state index in [1.54, 1.807) is 48.5 Å². The van der Waals surface area contributed by atoms with E-state index in [1.165, 1.54) is 30.2 Å². The first-order chi connectivity index (χ1) is 17.3. The SMILES string of the molecule is COc1ccc(NC(=O)C[C@H]2C(=O)N(c3ccc(Cl)cc3)C(=S)N2NC(=O)c2cccc(F)c2)cc1. The quantitative estimate of drug-likeness (QED) is 0.449. The van der Waals surface area contributed by atoms with E-state index >= 15 is 0 Å². The van der Waals surface area contributed by atoms with Crippen LogP contribution in [-0.4, -0.2) is 41.0 Å². The third-order valence-corrected chi connectivity index (χ3v) is 5.99. The van der Waals surface area contributed by atoms with Crippen molar-refractivity contribution in [3.05, 3.63) is 89.2 Å². The summed E-state index contributed by atoms with van der Waals surface area (Å²) in [6, 6.07) is 17.0. The number of amides is 3. The number of ether oxygens (including phenoxy) is 1. The average molecular weight is 527 g/mol. The molecule has 4 rings (SSSR count). The molecule has 184 valence electrons. The molecule has 3 amide bonds. The Hall–Kier alpha value is -4.02. The van der Waals surface area contributed by atoms with Gasteiger partial charge in [-0.3, -0.25) is 24.7 Å². The lowest BCUT2D eigenvalue weighted by molar-refractivity contribution is -0.124. The van der Waals surface area contributed by atoms with Crippen LogP contribution in [0.4, 0.5) is 15.8 Å². The zero-order valence-corrected chi connectivity index (χ0v) is 20.5. The van der Waals surface area contributed by atoms with E-state index in [-0.39, 0.29) is 17.1 Å². The van der Waals surface area contributed by atoms with Gasteiger partial charge >= 0.3 is 0 Å². The highest BCUT2D eigenvalue weighted by Gasteiger charge is 2.45. The lowest BCUT2D eigenvalue weighted by atomic mass is 10.1. The molecule has 3 aromatic carbocycles. The maximum Gasteiger partial charge on any atom is 0.269 e. The van der Waals surface area contributed by atoms with E-state index in [4.69, 9.17) is 28.6 Å². The van der Waals surface area contributed by atoms with Crippen LogP contribution in [0.15, 0.2) is 72.8 Å². The summed E-state index contributed by atoms with van der Waals surface area (Å²) in [6.45, 7) is 0. The minimum atomic E-state index is -1.15. The number of carbonyl (C=O) groups excluding carboxylic acids is 3. The van der Waals surface area contributed by atoms with Crippen LogP contribution in [0.25, 0.3) is 0 Å². The first kappa shape index (κ1) is 25.1. The van der Waals surface area contributed by atoms with Crippen molar-refractivity contribution in [3.63, 3.8) is 0 Å². The van der Waals surface area contributed by atoms with E-state index in [1.807, 2.05) is 0 Å². The third-order valence-electron chi connectivity index (χ3n) is 5.36. The van der Waals surface area contributed by atoms with Gasteiger partial charge in [-0.05, 0) is 78.9 Å². The number of nitrogens with zero attached hydrogens (tertiary/aromatic N) is 2. The number of rotatable bonds is 7. The lowest BCUT2D eigenvalue weighted by Gasteiger charge is -2.24. The number of thiocarbonyl (C=S) groups is 1. The number of hydrogen-bond donors (Lipinski definition) is 2. The van der Waals surface area contributed by atoms with Crippen LogP contribution >= 0.6 is 23.8 Å². The van der Waals surface area contributed by atoms with Gasteiger partial charge in [-0.1, -0.05) is 17.7 Å². The molecule has 1 aliphatic heterocycles. The van der Waals surface area contributed by atoms with Gasteiger partial charge in [0.25, 0.3) is 11.8 Å². The molecule has 0 bridgehead atoms. The molecule has 11 heteroatoms. The fourth-order valence-corrected chi connectivity index (χ4v) is 4.09. The van der Waals surface area contributed by atoms with Gasteiger partial charge in [0.15, 0.2) is 0 Å². The summed E-state index contributed by atoms with van der Waals surface area (Å²) in [5.74, 6) is -1.67. The van der Waals surface area contributed by atoms with Crippen molar-refractivity contribution in [2.45, 2.75) is 12.5 Å². The van der Waals surface area contributed by atoms with E-state index in [0.29, 0.717) is 22.1 Å². The van der Waals surface area contributed by atoms with Gasteiger partial charge < -0.3 is 10.1 Å². The fourth-order valence-electron chi connectivity index (χ4n) is 3.59. The molecule has 0 aliphatic carbocycles. The van der Waals surface area contributed by atoms with Crippen molar-refractivity contribution in [1.82, 2.24) is 10.4 Å². The average Bonchev–Trinajstić information content (AvgIpc) is 3.09. The first-order valence-corrected chi connectivity index (χ1v) is 11.5. The molecule has 1 fully saturated rings. The normalized spacial score (nSPS) is 15.1. The summed E-state index contributed by atoms with van der Waals surface area (Å²) in [4.78, 5) is 40.3. The van der Waals surface area contributed by atoms with Crippen molar-refractivity contribution in [1.29, 1.82) is 0 Å². The number of hydrazine groups is 1. The molecule has 0 spiro atoms. The molecule has 1 saturated heterocycles. The van der Waals surface area contributed by atoms with Gasteiger partial charge in [0.1, 0.15) is 17.6 Å². The maximum atomic E-state index is 13.6. The molecule has 1 heterocycles. The third kappa shape index (κ3) is 5.45. The van der Waals surface area contributed by atoms with Gasteiger partial charge in [0.2, 0.25) is 11.0 Å². The number of carbonyl (C=O) groups is 3. The predicted molar refractivity (Wildman–Crippen MR) is 137 cm³/mol.